The average Bonchev–Trinajstić information content (AvgIpc) is 2.73. The van der Waals surface area contributed by atoms with Gasteiger partial charge in [-0.3, -0.25) is 9.97 Å². The van der Waals surface area contributed by atoms with Gasteiger partial charge in [-0.2, -0.15) is 43.5 Å². The van der Waals surface area contributed by atoms with Gasteiger partial charge in [-0.05, 0) is 46.2 Å². The third kappa shape index (κ3) is 12.3. The van der Waals surface area contributed by atoms with Gasteiger partial charge in [-0.15, -0.1) is 0 Å². The predicted octanol–water partition coefficient (Wildman–Crippen LogP) is 8.58. The van der Waals surface area contributed by atoms with Crippen LogP contribution in [0.1, 0.15) is 58.2 Å². The van der Waals surface area contributed by atoms with Gasteiger partial charge < -0.3 is 13.2 Å². The number of aromatic nitrogens is 2. The third-order valence-corrected chi connectivity index (χ3v) is 4.56. The third-order valence-electron chi connectivity index (χ3n) is 4.56. The minimum absolute atomic E-state index is 0. The van der Waals surface area contributed by atoms with Crippen molar-refractivity contribution in [2.75, 3.05) is 0 Å². The standard InChI is InChI=1S/C18H24N2.C7H4F3.CF3.Pd/c1-17(2,3)13-7-9-19-15(11-13)16-12-14(8-10-20-16)18(4,5)6;8-7(9,10)6-4-2-1-3-5-6;2-1(3)4;/h7-12H,1-6H3;2-5H;;/q;2*-1;+2. The summed E-state index contributed by atoms with van der Waals surface area (Å²) in [5.41, 5.74) is 4.08. The zero-order chi connectivity index (χ0) is 26.2. The first kappa shape index (κ1) is 32.8. The Bertz CT molecular complexity index is 952. The van der Waals surface area contributed by atoms with Crippen LogP contribution in [0.15, 0.2) is 60.9 Å². The van der Waals surface area contributed by atoms with Gasteiger partial charge in [0.25, 0.3) is 0 Å². The molecule has 0 saturated carbocycles. The smallest absolute Gasteiger partial charge is 0.385 e. The van der Waals surface area contributed by atoms with Crippen LogP contribution in [0.3, 0.4) is 0 Å². The molecule has 0 radical (unpaired) electrons. The van der Waals surface area contributed by atoms with E-state index < -0.39 is 18.4 Å². The maximum atomic E-state index is 11.8. The summed E-state index contributed by atoms with van der Waals surface area (Å²) in [6.45, 7) is 10.2. The van der Waals surface area contributed by atoms with E-state index in [0.717, 1.165) is 23.5 Å². The number of pyridine rings is 2. The summed E-state index contributed by atoms with van der Waals surface area (Å²) in [6.07, 6.45) is -0.474. The van der Waals surface area contributed by atoms with Crippen LogP contribution in [0, 0.1) is 12.7 Å². The second kappa shape index (κ2) is 13.7. The van der Waals surface area contributed by atoms with E-state index in [1.807, 2.05) is 12.4 Å². The van der Waals surface area contributed by atoms with E-state index in [2.05, 4.69) is 81.8 Å². The number of nitrogens with zero attached hydrogens (tertiary/aromatic N) is 2. The molecular formula is C26H28F6N2Pd. The molecule has 2 aromatic heterocycles. The maximum absolute atomic E-state index is 11.8. The molecule has 0 unspecified atom stereocenters. The van der Waals surface area contributed by atoms with Gasteiger partial charge in [0.1, 0.15) is 0 Å². The molecule has 0 spiro atoms. The maximum Gasteiger partial charge on any atom is 2.00 e. The molecule has 0 fully saturated rings. The molecule has 0 aliphatic rings. The SMILES string of the molecule is CC(C)(C)c1ccnc(-c2cc(C(C)(C)C)ccn2)c1.FC(F)(F)c1cc[c-]cc1.F[C-](F)F.[Pd+2]. The molecule has 35 heavy (non-hydrogen) atoms. The number of rotatable bonds is 1. The first-order valence-electron chi connectivity index (χ1n) is 10.3. The number of hydrogen-bond donors (Lipinski definition) is 0. The monoisotopic (exact) mass is 588 g/mol. The van der Waals surface area contributed by atoms with Gasteiger partial charge in [0.2, 0.25) is 0 Å². The molecule has 9 heteroatoms. The van der Waals surface area contributed by atoms with Gasteiger partial charge in [0.05, 0.1) is 11.4 Å². The van der Waals surface area contributed by atoms with Crippen LogP contribution in [0.25, 0.3) is 11.4 Å². The molecule has 194 valence electrons. The van der Waals surface area contributed by atoms with Crippen molar-refractivity contribution in [3.63, 3.8) is 0 Å². The van der Waals surface area contributed by atoms with Crippen molar-refractivity contribution in [2.45, 2.75) is 58.5 Å². The number of alkyl halides is 3. The molecule has 2 heterocycles. The van der Waals surface area contributed by atoms with Crippen molar-refractivity contribution >= 4 is 0 Å². The summed E-state index contributed by atoms with van der Waals surface area (Å²) < 4.78 is 64.1. The molecule has 0 N–H and O–H groups in total. The van der Waals surface area contributed by atoms with Crippen molar-refractivity contribution in [1.29, 1.82) is 0 Å². The molecule has 0 aliphatic carbocycles. The summed E-state index contributed by atoms with van der Waals surface area (Å²) in [7, 11) is 0. The van der Waals surface area contributed by atoms with Crippen LogP contribution in [0.5, 0.6) is 0 Å². The van der Waals surface area contributed by atoms with Crippen LogP contribution in [0.4, 0.5) is 26.3 Å². The van der Waals surface area contributed by atoms with E-state index >= 15 is 0 Å². The fourth-order valence-corrected chi connectivity index (χ4v) is 2.65. The van der Waals surface area contributed by atoms with Crippen molar-refractivity contribution in [1.82, 2.24) is 9.97 Å². The largest absolute Gasteiger partial charge is 2.00 e. The molecule has 3 aromatic rings. The first-order chi connectivity index (χ1) is 15.5. The van der Waals surface area contributed by atoms with E-state index in [-0.39, 0.29) is 31.3 Å². The Hall–Kier alpha value is -2.24. The molecule has 3 rings (SSSR count). The molecule has 0 amide bonds. The Labute approximate surface area is 216 Å². The van der Waals surface area contributed by atoms with E-state index in [4.69, 9.17) is 0 Å². The van der Waals surface area contributed by atoms with Gasteiger partial charge in [-0.1, -0.05) is 47.1 Å². The molecule has 0 saturated heterocycles. The summed E-state index contributed by atoms with van der Waals surface area (Å²) in [6, 6.07) is 15.4. The number of hydrogen-bond acceptors (Lipinski definition) is 2. The fourth-order valence-electron chi connectivity index (χ4n) is 2.65. The van der Waals surface area contributed by atoms with Crippen molar-refractivity contribution in [3.05, 3.63) is 90.4 Å². The summed E-state index contributed by atoms with van der Waals surface area (Å²) in [4.78, 5) is 8.97. The Balaban J connectivity index is 0.000000645. The van der Waals surface area contributed by atoms with Gasteiger partial charge in [0.15, 0.2) is 6.68 Å². The van der Waals surface area contributed by atoms with E-state index in [1.54, 1.807) is 0 Å². The summed E-state index contributed by atoms with van der Waals surface area (Å²) in [5.74, 6) is 0. The second-order valence-electron chi connectivity index (χ2n) is 9.36. The zero-order valence-corrected chi connectivity index (χ0v) is 21.8. The zero-order valence-electron chi connectivity index (χ0n) is 20.3. The van der Waals surface area contributed by atoms with E-state index in [9.17, 15) is 26.3 Å². The molecule has 0 atom stereocenters. The van der Waals surface area contributed by atoms with Crippen LogP contribution >= 0.6 is 0 Å². The Morgan fingerprint density at radius 2 is 1.00 bits per heavy atom. The molecule has 2 nitrogen and oxygen atoms in total. The minimum Gasteiger partial charge on any atom is -0.385 e. The van der Waals surface area contributed by atoms with Crippen molar-refractivity contribution in [2.24, 2.45) is 0 Å². The molecular weight excluding hydrogens is 561 g/mol. The van der Waals surface area contributed by atoms with Gasteiger partial charge in [-0.25, -0.2) is 0 Å². The Kier molecular flexibility index (Phi) is 12.9. The topological polar surface area (TPSA) is 25.8 Å². The average molecular weight is 589 g/mol. The van der Waals surface area contributed by atoms with Gasteiger partial charge in [0, 0.05) is 12.4 Å². The second-order valence-corrected chi connectivity index (χ2v) is 9.36. The quantitative estimate of drug-likeness (QED) is 0.162. The fraction of sp³-hybridized carbons (Fsp3) is 0.346. The summed E-state index contributed by atoms with van der Waals surface area (Å²) >= 11 is 0. The minimum atomic E-state index is -4.23. The van der Waals surface area contributed by atoms with E-state index in [1.165, 1.54) is 23.3 Å². The molecule has 0 bridgehead atoms. The van der Waals surface area contributed by atoms with Crippen LogP contribution in [-0.2, 0) is 37.4 Å². The predicted molar refractivity (Wildman–Crippen MR) is 122 cm³/mol. The number of halogens is 6. The summed E-state index contributed by atoms with van der Waals surface area (Å²) in [5, 5.41) is 0. The Morgan fingerprint density at radius 1 is 0.657 bits per heavy atom. The van der Waals surface area contributed by atoms with Gasteiger partial charge >= 0.3 is 26.6 Å². The van der Waals surface area contributed by atoms with Crippen LogP contribution in [0.2, 0.25) is 0 Å². The molecule has 1 aromatic carbocycles. The first-order valence-corrected chi connectivity index (χ1v) is 10.3. The van der Waals surface area contributed by atoms with Crippen LogP contribution < -0.4 is 0 Å². The normalized spacial score (nSPS) is 11.5. The van der Waals surface area contributed by atoms with Crippen LogP contribution in [-0.4, -0.2) is 9.97 Å². The van der Waals surface area contributed by atoms with Crippen molar-refractivity contribution in [3.8, 4) is 11.4 Å². The van der Waals surface area contributed by atoms with Crippen molar-refractivity contribution < 1.29 is 46.8 Å². The molecule has 0 aliphatic heterocycles. The Morgan fingerprint density at radius 3 is 1.26 bits per heavy atom. The van der Waals surface area contributed by atoms with E-state index in [0.29, 0.717) is 0 Å². The number of benzene rings is 1.